The zero-order chi connectivity index (χ0) is 13.9. The van der Waals surface area contributed by atoms with Crippen LogP contribution in [-0.4, -0.2) is 29.9 Å². The third kappa shape index (κ3) is 4.13. The first kappa shape index (κ1) is 15.2. The summed E-state index contributed by atoms with van der Waals surface area (Å²) in [7, 11) is 0. The smallest absolute Gasteiger partial charge is 0.224 e. The van der Waals surface area contributed by atoms with Gasteiger partial charge in [-0.3, -0.25) is 4.79 Å². The molecule has 1 rings (SSSR count). The van der Waals surface area contributed by atoms with Crippen LogP contribution in [0.15, 0.2) is 11.6 Å². The van der Waals surface area contributed by atoms with Crippen molar-refractivity contribution in [2.45, 2.75) is 53.5 Å². The lowest BCUT2D eigenvalue weighted by atomic mass is 9.83. The van der Waals surface area contributed by atoms with Gasteiger partial charge in [0, 0.05) is 25.6 Å². The summed E-state index contributed by atoms with van der Waals surface area (Å²) in [5.41, 5.74) is 7.64. The Balaban J connectivity index is 2.53. The number of nitrogens with two attached hydrogens (primary N) is 1. The highest BCUT2D eigenvalue weighted by atomic mass is 16.2. The molecule has 2 N–H and O–H groups in total. The molecule has 0 fully saturated rings. The van der Waals surface area contributed by atoms with Crippen molar-refractivity contribution in [2.75, 3.05) is 13.1 Å². The minimum atomic E-state index is -0.0227. The van der Waals surface area contributed by atoms with Gasteiger partial charge in [0.05, 0.1) is 0 Å². The summed E-state index contributed by atoms with van der Waals surface area (Å²) in [6, 6.07) is -0.0227. The van der Waals surface area contributed by atoms with Gasteiger partial charge in [-0.2, -0.15) is 0 Å². The standard InChI is InChI=1S/C15H28N2O/c1-11(2)13(16)10-14(18)17-8-6-12(7-9-17)15(3,4)5/h6,11,13H,7-10,16H2,1-5H3. The van der Waals surface area contributed by atoms with E-state index in [9.17, 15) is 4.79 Å². The van der Waals surface area contributed by atoms with Crippen LogP contribution in [0, 0.1) is 11.3 Å². The predicted molar refractivity (Wildman–Crippen MR) is 76.2 cm³/mol. The van der Waals surface area contributed by atoms with Gasteiger partial charge in [-0.1, -0.05) is 46.3 Å². The number of carbonyl (C=O) groups is 1. The topological polar surface area (TPSA) is 46.3 Å². The third-order valence-electron chi connectivity index (χ3n) is 3.79. The quantitative estimate of drug-likeness (QED) is 0.785. The van der Waals surface area contributed by atoms with Gasteiger partial charge in [0.1, 0.15) is 0 Å². The Morgan fingerprint density at radius 1 is 1.44 bits per heavy atom. The normalized spacial score (nSPS) is 18.8. The molecule has 18 heavy (non-hydrogen) atoms. The second-order valence-corrected chi connectivity index (χ2v) is 6.68. The molecular formula is C15H28N2O. The van der Waals surface area contributed by atoms with Crippen molar-refractivity contribution >= 4 is 5.91 Å². The summed E-state index contributed by atoms with van der Waals surface area (Å²) in [5.74, 6) is 0.555. The molecule has 0 aromatic heterocycles. The second-order valence-electron chi connectivity index (χ2n) is 6.68. The van der Waals surface area contributed by atoms with E-state index >= 15 is 0 Å². The van der Waals surface area contributed by atoms with Gasteiger partial charge < -0.3 is 10.6 Å². The largest absolute Gasteiger partial charge is 0.339 e. The van der Waals surface area contributed by atoms with Crippen LogP contribution in [0.5, 0.6) is 0 Å². The molecule has 1 aliphatic rings. The molecule has 0 aliphatic carbocycles. The number of hydrogen-bond donors (Lipinski definition) is 1. The first-order chi connectivity index (χ1) is 8.21. The lowest BCUT2D eigenvalue weighted by Crippen LogP contribution is -2.40. The van der Waals surface area contributed by atoms with E-state index in [1.807, 2.05) is 4.90 Å². The summed E-state index contributed by atoms with van der Waals surface area (Å²) in [6.45, 7) is 12.4. The third-order valence-corrected chi connectivity index (χ3v) is 3.79. The van der Waals surface area contributed by atoms with Crippen LogP contribution in [0.3, 0.4) is 0 Å². The SMILES string of the molecule is CC(C)C(N)CC(=O)N1CC=C(C(C)(C)C)CC1. The molecule has 0 radical (unpaired) electrons. The maximum atomic E-state index is 12.1. The summed E-state index contributed by atoms with van der Waals surface area (Å²) in [6.07, 6.45) is 3.67. The molecule has 0 bridgehead atoms. The Morgan fingerprint density at radius 2 is 2.06 bits per heavy atom. The lowest BCUT2D eigenvalue weighted by molar-refractivity contribution is -0.131. The fourth-order valence-electron chi connectivity index (χ4n) is 2.14. The van der Waals surface area contributed by atoms with Gasteiger partial charge >= 0.3 is 0 Å². The van der Waals surface area contributed by atoms with E-state index in [0.717, 1.165) is 19.5 Å². The second kappa shape index (κ2) is 5.87. The molecule has 0 aromatic rings. The van der Waals surface area contributed by atoms with E-state index in [0.29, 0.717) is 12.3 Å². The highest BCUT2D eigenvalue weighted by Crippen LogP contribution is 2.30. The van der Waals surface area contributed by atoms with E-state index in [1.54, 1.807) is 0 Å². The van der Waals surface area contributed by atoms with Gasteiger partial charge in [0.2, 0.25) is 5.91 Å². The van der Waals surface area contributed by atoms with E-state index in [4.69, 9.17) is 5.73 Å². The van der Waals surface area contributed by atoms with Crippen LogP contribution in [-0.2, 0) is 4.79 Å². The number of amides is 1. The molecule has 1 atom stereocenters. The van der Waals surface area contributed by atoms with Crippen LogP contribution in [0.25, 0.3) is 0 Å². The average Bonchev–Trinajstić information content (AvgIpc) is 2.27. The van der Waals surface area contributed by atoms with Crippen LogP contribution < -0.4 is 5.73 Å². The van der Waals surface area contributed by atoms with Crippen LogP contribution in [0.1, 0.15) is 47.5 Å². The summed E-state index contributed by atoms with van der Waals surface area (Å²) < 4.78 is 0. The molecule has 0 saturated heterocycles. The van der Waals surface area contributed by atoms with Gasteiger partial charge in [-0.15, -0.1) is 0 Å². The minimum absolute atomic E-state index is 0.0227. The summed E-state index contributed by atoms with van der Waals surface area (Å²) >= 11 is 0. The minimum Gasteiger partial charge on any atom is -0.339 e. The van der Waals surface area contributed by atoms with Gasteiger partial charge in [-0.25, -0.2) is 0 Å². The molecular weight excluding hydrogens is 224 g/mol. The van der Waals surface area contributed by atoms with Crippen LogP contribution >= 0.6 is 0 Å². The highest BCUT2D eigenvalue weighted by Gasteiger charge is 2.24. The van der Waals surface area contributed by atoms with E-state index in [2.05, 4.69) is 40.7 Å². The van der Waals surface area contributed by atoms with Crippen molar-refractivity contribution in [2.24, 2.45) is 17.1 Å². The molecule has 0 aromatic carbocycles. The van der Waals surface area contributed by atoms with Crippen molar-refractivity contribution in [1.82, 2.24) is 4.90 Å². The maximum absolute atomic E-state index is 12.1. The Morgan fingerprint density at radius 3 is 2.44 bits per heavy atom. The molecule has 1 aliphatic heterocycles. The molecule has 1 heterocycles. The molecule has 3 nitrogen and oxygen atoms in total. The van der Waals surface area contributed by atoms with E-state index < -0.39 is 0 Å². The van der Waals surface area contributed by atoms with Crippen molar-refractivity contribution in [3.63, 3.8) is 0 Å². The highest BCUT2D eigenvalue weighted by molar-refractivity contribution is 5.77. The fraction of sp³-hybridized carbons (Fsp3) is 0.800. The molecule has 3 heteroatoms. The fourth-order valence-corrected chi connectivity index (χ4v) is 2.14. The van der Waals surface area contributed by atoms with Gasteiger partial charge in [0.15, 0.2) is 0 Å². The molecule has 104 valence electrons. The molecule has 1 amide bonds. The summed E-state index contributed by atoms with van der Waals surface area (Å²) in [4.78, 5) is 14.0. The van der Waals surface area contributed by atoms with Crippen molar-refractivity contribution < 1.29 is 4.79 Å². The lowest BCUT2D eigenvalue weighted by Gasteiger charge is -2.33. The molecule has 0 spiro atoms. The Hall–Kier alpha value is -0.830. The Bertz CT molecular complexity index is 326. The summed E-state index contributed by atoms with van der Waals surface area (Å²) in [5, 5.41) is 0. The van der Waals surface area contributed by atoms with Crippen LogP contribution in [0.4, 0.5) is 0 Å². The van der Waals surface area contributed by atoms with E-state index in [-0.39, 0.29) is 17.4 Å². The first-order valence-electron chi connectivity index (χ1n) is 6.94. The Labute approximate surface area is 111 Å². The zero-order valence-corrected chi connectivity index (χ0v) is 12.5. The maximum Gasteiger partial charge on any atom is 0.224 e. The zero-order valence-electron chi connectivity index (χ0n) is 12.5. The van der Waals surface area contributed by atoms with Crippen molar-refractivity contribution in [3.05, 3.63) is 11.6 Å². The number of carbonyl (C=O) groups excluding carboxylic acids is 1. The number of nitrogens with zero attached hydrogens (tertiary/aromatic N) is 1. The first-order valence-corrected chi connectivity index (χ1v) is 6.94. The van der Waals surface area contributed by atoms with Crippen molar-refractivity contribution in [3.8, 4) is 0 Å². The monoisotopic (exact) mass is 252 g/mol. The van der Waals surface area contributed by atoms with Crippen molar-refractivity contribution in [1.29, 1.82) is 0 Å². The molecule has 1 unspecified atom stereocenters. The van der Waals surface area contributed by atoms with E-state index in [1.165, 1.54) is 5.57 Å². The predicted octanol–water partition coefficient (Wildman–Crippen LogP) is 2.56. The van der Waals surface area contributed by atoms with Gasteiger partial charge in [0.25, 0.3) is 0 Å². The van der Waals surface area contributed by atoms with Crippen LogP contribution in [0.2, 0.25) is 0 Å². The number of rotatable bonds is 3. The Kier molecular flexibility index (Phi) is 4.97. The molecule has 0 saturated carbocycles. The average molecular weight is 252 g/mol. The van der Waals surface area contributed by atoms with Gasteiger partial charge in [-0.05, 0) is 17.8 Å². The number of hydrogen-bond acceptors (Lipinski definition) is 2.